The van der Waals surface area contributed by atoms with Crippen LogP contribution in [-0.4, -0.2) is 0 Å². The van der Waals surface area contributed by atoms with E-state index >= 15 is 0 Å². The van der Waals surface area contributed by atoms with Crippen molar-refractivity contribution in [3.05, 3.63) is 265 Å². The van der Waals surface area contributed by atoms with Crippen molar-refractivity contribution in [2.75, 3.05) is 9.80 Å². The Kier molecular flexibility index (Phi) is 6.98. The van der Waals surface area contributed by atoms with Crippen molar-refractivity contribution in [2.24, 2.45) is 0 Å². The highest BCUT2D eigenvalue weighted by atomic mass is 15.1. The van der Waals surface area contributed by atoms with E-state index < -0.39 is 11.5 Å². The lowest BCUT2D eigenvalue weighted by atomic mass is 9.70. The van der Waals surface area contributed by atoms with Gasteiger partial charge in [0.2, 0.25) is 0 Å². The Labute approximate surface area is 363 Å². The number of para-hydroxylation sites is 2. The molecule has 2 aliphatic carbocycles. The van der Waals surface area contributed by atoms with Gasteiger partial charge in [0.25, 0.3) is 0 Å². The van der Waals surface area contributed by atoms with Gasteiger partial charge in [0.05, 0.1) is 18.0 Å². The van der Waals surface area contributed by atoms with Crippen molar-refractivity contribution < 1.29 is 6.85 Å². The normalized spacial score (nSPS) is 15.4. The molecule has 0 bridgehead atoms. The maximum atomic E-state index is 8.90. The summed E-state index contributed by atoms with van der Waals surface area (Å²) in [5.74, 6) is 0. The smallest absolute Gasteiger partial charge is 0.0727 e. The van der Waals surface area contributed by atoms with Gasteiger partial charge in [-0.1, -0.05) is 176 Å². The Bertz CT molecular complexity index is 3490. The highest BCUT2D eigenvalue weighted by Crippen LogP contribution is 2.64. The third-order valence-electron chi connectivity index (χ3n) is 12.5. The van der Waals surface area contributed by atoms with Crippen molar-refractivity contribution >= 4 is 44.9 Å². The Hall–Kier alpha value is -7.94. The van der Waals surface area contributed by atoms with Crippen LogP contribution in [0.4, 0.5) is 34.1 Å². The van der Waals surface area contributed by atoms with Gasteiger partial charge in [-0.3, -0.25) is 0 Å². The van der Waals surface area contributed by atoms with E-state index in [0.29, 0.717) is 5.56 Å². The zero-order valence-electron chi connectivity index (χ0n) is 38.1. The van der Waals surface area contributed by atoms with Crippen molar-refractivity contribution in [3.8, 4) is 33.4 Å². The topological polar surface area (TPSA) is 6.48 Å². The van der Waals surface area contributed by atoms with Crippen LogP contribution in [0.2, 0.25) is 0 Å². The molecule has 0 aliphatic heterocycles. The molecule has 1 atom stereocenters. The fourth-order valence-electron chi connectivity index (χ4n) is 10.0. The van der Waals surface area contributed by atoms with Gasteiger partial charge in [-0.15, -0.1) is 0 Å². The van der Waals surface area contributed by atoms with Gasteiger partial charge in [0.15, 0.2) is 0 Å². The van der Waals surface area contributed by atoms with Crippen LogP contribution in [0.3, 0.4) is 0 Å². The van der Waals surface area contributed by atoms with Crippen LogP contribution < -0.4 is 9.80 Å². The summed E-state index contributed by atoms with van der Waals surface area (Å²) in [7, 11) is 0. The molecule has 10 aromatic rings. The van der Waals surface area contributed by atoms with Gasteiger partial charge in [-0.05, 0) is 128 Å². The minimum absolute atomic E-state index is 0.166. The monoisotopic (exact) mass is 781 g/mol. The molecule has 0 amide bonds. The summed E-state index contributed by atoms with van der Waals surface area (Å²) in [6.07, 6.45) is 0. The summed E-state index contributed by atoms with van der Waals surface area (Å²) in [5.41, 5.74) is 15.5. The molecule has 0 saturated heterocycles. The average Bonchev–Trinajstić information content (AvgIpc) is 3.83. The van der Waals surface area contributed by atoms with Gasteiger partial charge in [-0.2, -0.15) is 0 Å². The maximum Gasteiger partial charge on any atom is 0.0727 e. The number of nitrogens with zero attached hydrogens (tertiary/aromatic N) is 2. The highest BCUT2D eigenvalue weighted by Gasteiger charge is 2.52. The van der Waals surface area contributed by atoms with Gasteiger partial charge in [-0.25, -0.2) is 0 Å². The molecule has 2 aliphatic rings. The third kappa shape index (κ3) is 5.43. The molecular formula is C59H40N2. The quantitative estimate of drug-likeness (QED) is 0.159. The van der Waals surface area contributed by atoms with Gasteiger partial charge in [0, 0.05) is 33.8 Å². The lowest BCUT2D eigenvalue weighted by Gasteiger charge is -2.33. The van der Waals surface area contributed by atoms with E-state index in [9.17, 15) is 0 Å². The number of fused-ring (bicyclic) bond motifs is 11. The first kappa shape index (κ1) is 30.2. The largest absolute Gasteiger partial charge is 0.310 e. The van der Waals surface area contributed by atoms with Crippen LogP contribution in [0.15, 0.2) is 243 Å². The highest BCUT2D eigenvalue weighted by molar-refractivity contribution is 6.01. The average molecular weight is 782 g/mol. The van der Waals surface area contributed by atoms with Crippen LogP contribution in [0.5, 0.6) is 0 Å². The predicted octanol–water partition coefficient (Wildman–Crippen LogP) is 15.8. The molecular weight excluding hydrogens is 737 g/mol. The number of anilines is 6. The van der Waals surface area contributed by atoms with Crippen molar-refractivity contribution in [3.63, 3.8) is 0 Å². The molecule has 61 heavy (non-hydrogen) atoms. The molecule has 0 saturated carbocycles. The summed E-state index contributed by atoms with van der Waals surface area (Å²) >= 11 is 0. The molecule has 1 spiro atoms. The maximum absolute atomic E-state index is 8.90. The standard InChI is InChI=1S/C59H40N2/c1-4-18-41(19-5-1)43-22-16-27-46(38-43)61(58-33-17-21-42-20-10-11-28-49(42)58)48-35-37-53-51-30-13-15-32-55(51)59(57(53)40-48)54-31-14-12-29-50(54)52-36-34-47(39-56(52)59)60(44-23-6-2-7-24-44)45-25-8-3-9-26-45/h1-40H/i1D,4D,5D,18D,19D. The van der Waals surface area contributed by atoms with Crippen LogP contribution in [0.25, 0.3) is 44.2 Å². The van der Waals surface area contributed by atoms with Crippen LogP contribution >= 0.6 is 0 Å². The molecule has 0 heterocycles. The lowest BCUT2D eigenvalue weighted by molar-refractivity contribution is 0.793. The van der Waals surface area contributed by atoms with E-state index in [1.165, 1.54) is 38.9 Å². The predicted molar refractivity (Wildman–Crippen MR) is 255 cm³/mol. The molecule has 12 rings (SSSR count). The fraction of sp³-hybridized carbons (Fsp3) is 0.0169. The molecule has 1 unspecified atom stereocenters. The van der Waals surface area contributed by atoms with E-state index in [0.717, 1.165) is 50.5 Å². The SMILES string of the molecule is [2H]c1c([2H])c([2H])c(-c2cccc(N(c3ccc4c(c3)C3(c5ccccc5-c5ccc(N(c6ccccc6)c6ccccc6)cc53)c3ccccc3-4)c3cccc4ccccc34)c2)c([2H])c1[2H]. The second-order valence-corrected chi connectivity index (χ2v) is 15.7. The van der Waals surface area contributed by atoms with Gasteiger partial charge >= 0.3 is 0 Å². The first-order valence-electron chi connectivity index (χ1n) is 23.2. The van der Waals surface area contributed by atoms with Gasteiger partial charge in [0.1, 0.15) is 0 Å². The molecule has 286 valence electrons. The Morgan fingerprint density at radius 3 is 1.48 bits per heavy atom. The second kappa shape index (κ2) is 14.1. The van der Waals surface area contributed by atoms with Crippen molar-refractivity contribution in [1.82, 2.24) is 0 Å². The van der Waals surface area contributed by atoms with E-state index in [4.69, 9.17) is 6.85 Å². The molecule has 2 nitrogen and oxygen atoms in total. The lowest BCUT2D eigenvalue weighted by Crippen LogP contribution is -2.26. The third-order valence-corrected chi connectivity index (χ3v) is 12.5. The molecule has 0 radical (unpaired) electrons. The summed E-state index contributed by atoms with van der Waals surface area (Å²) in [4.78, 5) is 4.59. The Balaban J connectivity index is 1.13. The minimum Gasteiger partial charge on any atom is -0.310 e. The number of benzene rings is 10. The molecule has 2 heteroatoms. The zero-order valence-corrected chi connectivity index (χ0v) is 33.1. The first-order valence-corrected chi connectivity index (χ1v) is 20.7. The van der Waals surface area contributed by atoms with E-state index in [-0.39, 0.29) is 29.7 Å². The van der Waals surface area contributed by atoms with Crippen LogP contribution in [0.1, 0.15) is 29.1 Å². The molecule has 10 aromatic carbocycles. The molecule has 0 fully saturated rings. The van der Waals surface area contributed by atoms with Crippen LogP contribution in [0, 0.1) is 0 Å². The number of hydrogen-bond donors (Lipinski definition) is 0. The van der Waals surface area contributed by atoms with E-state index in [1.54, 1.807) is 0 Å². The summed E-state index contributed by atoms with van der Waals surface area (Å²) in [6, 6.07) is 73.3. The fourth-order valence-corrected chi connectivity index (χ4v) is 10.0. The second-order valence-electron chi connectivity index (χ2n) is 15.7. The number of rotatable bonds is 7. The summed E-state index contributed by atoms with van der Waals surface area (Å²) in [6.45, 7) is 0. The minimum atomic E-state index is -0.678. The summed E-state index contributed by atoms with van der Waals surface area (Å²) in [5, 5.41) is 2.13. The molecule has 0 N–H and O–H groups in total. The number of hydrogen-bond acceptors (Lipinski definition) is 2. The van der Waals surface area contributed by atoms with Crippen molar-refractivity contribution in [2.45, 2.75) is 5.41 Å². The van der Waals surface area contributed by atoms with Crippen molar-refractivity contribution in [1.29, 1.82) is 0 Å². The van der Waals surface area contributed by atoms with Gasteiger partial charge < -0.3 is 9.80 Å². The van der Waals surface area contributed by atoms with E-state index in [2.05, 4.69) is 192 Å². The first-order chi connectivity index (χ1) is 32.3. The van der Waals surface area contributed by atoms with Crippen LogP contribution in [-0.2, 0) is 5.41 Å². The zero-order chi connectivity index (χ0) is 44.7. The summed E-state index contributed by atoms with van der Waals surface area (Å²) < 4.78 is 43.1. The van der Waals surface area contributed by atoms with E-state index in [1.807, 2.05) is 30.3 Å². The molecule has 0 aromatic heterocycles. The Morgan fingerprint density at radius 1 is 0.328 bits per heavy atom. The Morgan fingerprint density at radius 2 is 0.820 bits per heavy atom.